The monoisotopic (exact) mass is 225 g/mol. The van der Waals surface area contributed by atoms with E-state index in [4.69, 9.17) is 11.6 Å². The van der Waals surface area contributed by atoms with E-state index in [-0.39, 0.29) is 5.91 Å². The molecule has 0 aromatic heterocycles. The number of nitrogens with two attached hydrogens (primary N) is 2. The predicted octanol–water partition coefficient (Wildman–Crippen LogP) is 1.13. The Morgan fingerprint density at radius 3 is 2.80 bits per heavy atom. The summed E-state index contributed by atoms with van der Waals surface area (Å²) in [5.74, 6) is 5.70. The van der Waals surface area contributed by atoms with Crippen molar-refractivity contribution in [3.05, 3.63) is 24.3 Å². The molecule has 5 heteroatoms. The predicted molar refractivity (Wildman–Crippen MR) is 63.1 cm³/mol. The number of nitrogen functional groups attached to an aromatic ring is 1. The Morgan fingerprint density at radius 1 is 1.40 bits per heavy atom. The van der Waals surface area contributed by atoms with Crippen LogP contribution in [0, 0.1) is 0 Å². The van der Waals surface area contributed by atoms with Crippen LogP contribution in [-0.2, 0) is 4.79 Å². The summed E-state index contributed by atoms with van der Waals surface area (Å²) in [7, 11) is 0. The van der Waals surface area contributed by atoms with Crippen molar-refractivity contribution >= 4 is 23.4 Å². The molecule has 82 valence electrons. The average molecular weight is 225 g/mol. The van der Waals surface area contributed by atoms with E-state index in [9.17, 15) is 4.79 Å². The fourth-order valence-electron chi connectivity index (χ4n) is 1.10. The van der Waals surface area contributed by atoms with E-state index in [1.165, 1.54) is 0 Å². The van der Waals surface area contributed by atoms with Crippen LogP contribution in [0.3, 0.4) is 0 Å². The lowest BCUT2D eigenvalue weighted by Crippen LogP contribution is -2.29. The summed E-state index contributed by atoms with van der Waals surface area (Å²) in [6, 6.07) is 7.70. The van der Waals surface area contributed by atoms with Gasteiger partial charge in [-0.2, -0.15) is 0 Å². The van der Waals surface area contributed by atoms with Crippen LogP contribution < -0.4 is 17.0 Å². The number of hydrazine groups is 1. The summed E-state index contributed by atoms with van der Waals surface area (Å²) in [5, 5.41) is 0. The second kappa shape index (κ2) is 6.31. The van der Waals surface area contributed by atoms with E-state index in [0.717, 1.165) is 22.8 Å². The maximum Gasteiger partial charge on any atom is 0.233 e. The van der Waals surface area contributed by atoms with Crippen LogP contribution in [0.1, 0.15) is 12.8 Å². The van der Waals surface area contributed by atoms with Crippen LogP contribution in [0.4, 0.5) is 5.69 Å². The molecule has 4 nitrogen and oxygen atoms in total. The first-order valence-electron chi connectivity index (χ1n) is 4.71. The van der Waals surface area contributed by atoms with E-state index >= 15 is 0 Å². The minimum atomic E-state index is -0.128. The molecule has 0 aliphatic carbocycles. The molecule has 15 heavy (non-hydrogen) atoms. The van der Waals surface area contributed by atoms with Crippen LogP contribution in [-0.4, -0.2) is 11.7 Å². The number of para-hydroxylation sites is 1. The van der Waals surface area contributed by atoms with E-state index < -0.39 is 0 Å². The molecule has 5 N–H and O–H groups in total. The van der Waals surface area contributed by atoms with Crippen LogP contribution in [0.25, 0.3) is 0 Å². The second-order valence-electron chi connectivity index (χ2n) is 3.06. The number of carbonyl (C=O) groups is 1. The molecule has 0 bridgehead atoms. The molecule has 0 radical (unpaired) electrons. The van der Waals surface area contributed by atoms with Gasteiger partial charge in [-0.1, -0.05) is 12.1 Å². The number of anilines is 1. The number of hydrogen-bond acceptors (Lipinski definition) is 4. The van der Waals surface area contributed by atoms with Gasteiger partial charge in [0.1, 0.15) is 0 Å². The molecular weight excluding hydrogens is 210 g/mol. The maximum atomic E-state index is 10.8. The Morgan fingerprint density at radius 2 is 2.13 bits per heavy atom. The Bertz CT molecular complexity index is 330. The van der Waals surface area contributed by atoms with E-state index in [0.29, 0.717) is 6.42 Å². The molecule has 0 heterocycles. The van der Waals surface area contributed by atoms with E-state index in [1.807, 2.05) is 24.3 Å². The van der Waals surface area contributed by atoms with Crippen molar-refractivity contribution in [3.8, 4) is 0 Å². The molecule has 0 fully saturated rings. The SMILES string of the molecule is NNC(=O)CCCSc1ccccc1N. The van der Waals surface area contributed by atoms with Crippen LogP contribution in [0.5, 0.6) is 0 Å². The zero-order chi connectivity index (χ0) is 11.1. The first-order chi connectivity index (χ1) is 7.24. The van der Waals surface area contributed by atoms with Gasteiger partial charge in [-0.25, -0.2) is 5.84 Å². The molecule has 1 amide bonds. The zero-order valence-electron chi connectivity index (χ0n) is 8.40. The van der Waals surface area contributed by atoms with E-state index in [2.05, 4.69) is 5.43 Å². The minimum absolute atomic E-state index is 0.128. The highest BCUT2D eigenvalue weighted by molar-refractivity contribution is 7.99. The van der Waals surface area contributed by atoms with Crippen LogP contribution in [0.2, 0.25) is 0 Å². The molecule has 1 rings (SSSR count). The summed E-state index contributed by atoms with van der Waals surface area (Å²) in [6.45, 7) is 0. The van der Waals surface area contributed by atoms with Gasteiger partial charge in [-0.3, -0.25) is 10.2 Å². The number of thioether (sulfide) groups is 1. The largest absolute Gasteiger partial charge is 0.398 e. The average Bonchev–Trinajstić information content (AvgIpc) is 2.26. The van der Waals surface area contributed by atoms with Gasteiger partial charge in [0.25, 0.3) is 0 Å². The number of hydrogen-bond donors (Lipinski definition) is 3. The second-order valence-corrected chi connectivity index (χ2v) is 4.19. The van der Waals surface area contributed by atoms with Gasteiger partial charge in [0, 0.05) is 17.0 Å². The quantitative estimate of drug-likeness (QED) is 0.175. The highest BCUT2D eigenvalue weighted by atomic mass is 32.2. The summed E-state index contributed by atoms with van der Waals surface area (Å²) in [4.78, 5) is 11.9. The molecule has 0 saturated heterocycles. The smallest absolute Gasteiger partial charge is 0.233 e. The highest BCUT2D eigenvalue weighted by Crippen LogP contribution is 2.24. The van der Waals surface area contributed by atoms with Crippen molar-refractivity contribution in [1.29, 1.82) is 0 Å². The molecule has 0 saturated carbocycles. The standard InChI is InChI=1S/C10H15N3OS/c11-8-4-1-2-5-9(8)15-7-3-6-10(14)13-12/h1-2,4-5H,3,6-7,11-12H2,(H,13,14). The normalized spacial score (nSPS) is 9.93. The van der Waals surface area contributed by atoms with Gasteiger partial charge < -0.3 is 5.73 Å². The number of carbonyl (C=O) groups excluding carboxylic acids is 1. The highest BCUT2D eigenvalue weighted by Gasteiger charge is 2.00. The lowest BCUT2D eigenvalue weighted by atomic mass is 10.3. The Kier molecular flexibility index (Phi) is 5.00. The minimum Gasteiger partial charge on any atom is -0.398 e. The fourth-order valence-corrected chi connectivity index (χ4v) is 2.02. The van der Waals surface area contributed by atoms with Crippen molar-refractivity contribution in [2.24, 2.45) is 5.84 Å². The van der Waals surface area contributed by atoms with Crippen molar-refractivity contribution in [2.45, 2.75) is 17.7 Å². The number of amides is 1. The third-order valence-electron chi connectivity index (χ3n) is 1.89. The zero-order valence-corrected chi connectivity index (χ0v) is 9.22. The Hall–Kier alpha value is -1.20. The topological polar surface area (TPSA) is 81.1 Å². The molecule has 0 spiro atoms. The maximum absolute atomic E-state index is 10.8. The molecule has 0 aliphatic rings. The number of benzene rings is 1. The number of nitrogens with one attached hydrogen (secondary N) is 1. The summed E-state index contributed by atoms with van der Waals surface area (Å²) < 4.78 is 0. The third-order valence-corrected chi connectivity index (χ3v) is 3.06. The Balaban J connectivity index is 2.26. The number of rotatable bonds is 5. The lowest BCUT2D eigenvalue weighted by Gasteiger charge is -2.04. The van der Waals surface area contributed by atoms with E-state index in [1.54, 1.807) is 11.8 Å². The van der Waals surface area contributed by atoms with Crippen molar-refractivity contribution in [2.75, 3.05) is 11.5 Å². The van der Waals surface area contributed by atoms with Gasteiger partial charge in [0.15, 0.2) is 0 Å². The summed E-state index contributed by atoms with van der Waals surface area (Å²) in [6.07, 6.45) is 1.25. The summed E-state index contributed by atoms with van der Waals surface area (Å²) >= 11 is 1.65. The van der Waals surface area contributed by atoms with Crippen LogP contribution in [0.15, 0.2) is 29.2 Å². The van der Waals surface area contributed by atoms with Gasteiger partial charge in [-0.05, 0) is 24.3 Å². The first kappa shape index (κ1) is 11.9. The van der Waals surface area contributed by atoms with Gasteiger partial charge in [0.2, 0.25) is 5.91 Å². The van der Waals surface area contributed by atoms with Crippen molar-refractivity contribution in [3.63, 3.8) is 0 Å². The molecule has 0 atom stereocenters. The molecule has 1 aromatic carbocycles. The first-order valence-corrected chi connectivity index (χ1v) is 5.69. The summed E-state index contributed by atoms with van der Waals surface area (Å²) in [5.41, 5.74) is 8.65. The fraction of sp³-hybridized carbons (Fsp3) is 0.300. The Labute approximate surface area is 93.4 Å². The van der Waals surface area contributed by atoms with Gasteiger partial charge in [-0.15, -0.1) is 11.8 Å². The van der Waals surface area contributed by atoms with Crippen LogP contribution >= 0.6 is 11.8 Å². The van der Waals surface area contributed by atoms with Gasteiger partial charge >= 0.3 is 0 Å². The molecular formula is C10H15N3OS. The molecule has 0 aliphatic heterocycles. The lowest BCUT2D eigenvalue weighted by molar-refractivity contribution is -0.121. The molecule has 1 aromatic rings. The third kappa shape index (κ3) is 4.22. The van der Waals surface area contributed by atoms with Crippen molar-refractivity contribution < 1.29 is 4.79 Å². The van der Waals surface area contributed by atoms with Crippen molar-refractivity contribution in [1.82, 2.24) is 5.43 Å². The molecule has 0 unspecified atom stereocenters. The van der Waals surface area contributed by atoms with Gasteiger partial charge in [0.05, 0.1) is 0 Å².